The molecule has 0 aromatic heterocycles. The van der Waals surface area contributed by atoms with Gasteiger partial charge in [-0.2, -0.15) is 0 Å². The first kappa shape index (κ1) is 13.2. The van der Waals surface area contributed by atoms with Crippen LogP contribution in [0.15, 0.2) is 24.3 Å². The number of fused-ring (bicyclic) bond motifs is 1. The zero-order valence-electron chi connectivity index (χ0n) is 12.6. The average molecular weight is 257 g/mol. The van der Waals surface area contributed by atoms with Crippen molar-refractivity contribution in [3.63, 3.8) is 0 Å². The summed E-state index contributed by atoms with van der Waals surface area (Å²) in [6.07, 6.45) is 6.85. The zero-order valence-corrected chi connectivity index (χ0v) is 12.6. The molecule has 2 unspecified atom stereocenters. The molecular weight excluding hydrogens is 230 g/mol. The van der Waals surface area contributed by atoms with Gasteiger partial charge in [-0.05, 0) is 48.6 Å². The van der Waals surface area contributed by atoms with Crippen molar-refractivity contribution in [2.75, 3.05) is 0 Å². The Hall–Kier alpha value is -0.820. The lowest BCUT2D eigenvalue weighted by Gasteiger charge is -2.38. The normalized spacial score (nSPS) is 26.8. The van der Waals surface area contributed by atoms with Crippen LogP contribution in [0.2, 0.25) is 0 Å². The van der Waals surface area contributed by atoms with Crippen molar-refractivity contribution >= 4 is 0 Å². The van der Waals surface area contributed by atoms with E-state index in [9.17, 15) is 0 Å². The van der Waals surface area contributed by atoms with Crippen LogP contribution in [0.4, 0.5) is 0 Å². The molecule has 19 heavy (non-hydrogen) atoms. The molecule has 1 heteroatoms. The van der Waals surface area contributed by atoms with E-state index in [0.29, 0.717) is 17.5 Å². The molecule has 1 aromatic rings. The minimum absolute atomic E-state index is 0.342. The Balaban J connectivity index is 1.75. The third kappa shape index (κ3) is 2.86. The Morgan fingerprint density at radius 1 is 1.21 bits per heavy atom. The second-order valence-corrected chi connectivity index (χ2v) is 7.31. The molecule has 1 saturated carbocycles. The summed E-state index contributed by atoms with van der Waals surface area (Å²) in [6.45, 7) is 7.13. The molecule has 1 N–H and O–H groups in total. The first-order valence-corrected chi connectivity index (χ1v) is 7.92. The fourth-order valence-corrected chi connectivity index (χ4v) is 3.65. The van der Waals surface area contributed by atoms with Crippen molar-refractivity contribution in [2.24, 2.45) is 5.92 Å². The Morgan fingerprint density at radius 3 is 2.68 bits per heavy atom. The molecule has 0 aliphatic heterocycles. The molecule has 1 aromatic carbocycles. The minimum Gasteiger partial charge on any atom is -0.307 e. The van der Waals surface area contributed by atoms with Crippen molar-refractivity contribution < 1.29 is 0 Å². The lowest BCUT2D eigenvalue weighted by molar-refractivity contribution is 0.328. The van der Waals surface area contributed by atoms with E-state index in [1.165, 1.54) is 32.1 Å². The SMILES string of the molecule is CC(CC1CC1)NC1CCC(C)(C)c2ccccc21. The molecule has 1 nitrogen and oxygen atoms in total. The van der Waals surface area contributed by atoms with E-state index in [4.69, 9.17) is 0 Å². The molecule has 2 atom stereocenters. The van der Waals surface area contributed by atoms with Gasteiger partial charge in [0, 0.05) is 12.1 Å². The summed E-state index contributed by atoms with van der Waals surface area (Å²) >= 11 is 0. The van der Waals surface area contributed by atoms with E-state index in [0.717, 1.165) is 5.92 Å². The standard InChI is InChI=1S/C18H27N/c1-13(12-14-8-9-14)19-17-10-11-18(2,3)16-7-5-4-6-15(16)17/h4-7,13-14,17,19H,8-12H2,1-3H3. The maximum Gasteiger partial charge on any atom is 0.0325 e. The fraction of sp³-hybridized carbons (Fsp3) is 0.667. The van der Waals surface area contributed by atoms with Crippen LogP contribution in [-0.4, -0.2) is 6.04 Å². The second kappa shape index (κ2) is 4.94. The van der Waals surface area contributed by atoms with Crippen molar-refractivity contribution in [3.05, 3.63) is 35.4 Å². The molecule has 0 heterocycles. The van der Waals surface area contributed by atoms with Crippen molar-refractivity contribution in [3.8, 4) is 0 Å². The highest BCUT2D eigenvalue weighted by molar-refractivity contribution is 5.38. The van der Waals surface area contributed by atoms with Crippen LogP contribution in [0.5, 0.6) is 0 Å². The number of benzene rings is 1. The topological polar surface area (TPSA) is 12.0 Å². The van der Waals surface area contributed by atoms with Gasteiger partial charge >= 0.3 is 0 Å². The van der Waals surface area contributed by atoms with Gasteiger partial charge < -0.3 is 5.32 Å². The van der Waals surface area contributed by atoms with Crippen LogP contribution < -0.4 is 5.32 Å². The van der Waals surface area contributed by atoms with E-state index in [1.54, 1.807) is 11.1 Å². The first-order valence-electron chi connectivity index (χ1n) is 7.92. The molecule has 0 bridgehead atoms. The monoisotopic (exact) mass is 257 g/mol. The molecule has 0 amide bonds. The number of nitrogens with one attached hydrogen (secondary N) is 1. The Morgan fingerprint density at radius 2 is 1.95 bits per heavy atom. The molecule has 1 fully saturated rings. The molecule has 3 rings (SSSR count). The van der Waals surface area contributed by atoms with Crippen molar-refractivity contribution in [1.29, 1.82) is 0 Å². The smallest absolute Gasteiger partial charge is 0.0325 e. The summed E-state index contributed by atoms with van der Waals surface area (Å²) < 4.78 is 0. The molecule has 2 aliphatic rings. The van der Waals surface area contributed by atoms with Gasteiger partial charge in [-0.3, -0.25) is 0 Å². The average Bonchev–Trinajstić information content (AvgIpc) is 3.17. The second-order valence-electron chi connectivity index (χ2n) is 7.31. The van der Waals surface area contributed by atoms with Crippen LogP contribution in [0.25, 0.3) is 0 Å². The molecule has 0 spiro atoms. The molecule has 0 saturated heterocycles. The van der Waals surface area contributed by atoms with Gasteiger partial charge in [-0.15, -0.1) is 0 Å². The summed E-state index contributed by atoms with van der Waals surface area (Å²) in [5.74, 6) is 1.01. The summed E-state index contributed by atoms with van der Waals surface area (Å²) in [6, 6.07) is 10.3. The highest BCUT2D eigenvalue weighted by Gasteiger charge is 2.33. The molecule has 2 aliphatic carbocycles. The largest absolute Gasteiger partial charge is 0.307 e. The predicted molar refractivity (Wildman–Crippen MR) is 81.4 cm³/mol. The maximum absolute atomic E-state index is 3.88. The van der Waals surface area contributed by atoms with E-state index in [2.05, 4.69) is 50.4 Å². The third-order valence-corrected chi connectivity index (χ3v) is 4.99. The summed E-state index contributed by atoms with van der Waals surface area (Å²) in [4.78, 5) is 0. The Kier molecular flexibility index (Phi) is 3.42. The predicted octanol–water partition coefficient (Wildman–Crippen LogP) is 4.58. The molecular formula is C18H27N. The summed E-state index contributed by atoms with van der Waals surface area (Å²) in [5, 5.41) is 3.88. The number of rotatable bonds is 4. The fourth-order valence-electron chi connectivity index (χ4n) is 3.65. The van der Waals surface area contributed by atoms with Gasteiger partial charge in [-0.1, -0.05) is 51.0 Å². The highest BCUT2D eigenvalue weighted by Crippen LogP contribution is 2.42. The van der Waals surface area contributed by atoms with Gasteiger partial charge in [-0.25, -0.2) is 0 Å². The zero-order chi connectivity index (χ0) is 13.5. The maximum atomic E-state index is 3.88. The summed E-state index contributed by atoms with van der Waals surface area (Å²) in [7, 11) is 0. The van der Waals surface area contributed by atoms with E-state index < -0.39 is 0 Å². The lowest BCUT2D eigenvalue weighted by atomic mass is 9.71. The Bertz CT molecular complexity index is 445. The first-order chi connectivity index (χ1) is 9.06. The minimum atomic E-state index is 0.342. The van der Waals surface area contributed by atoms with Crippen molar-refractivity contribution in [2.45, 2.75) is 70.4 Å². The van der Waals surface area contributed by atoms with Gasteiger partial charge in [0.25, 0.3) is 0 Å². The van der Waals surface area contributed by atoms with Gasteiger partial charge in [0.2, 0.25) is 0 Å². The van der Waals surface area contributed by atoms with E-state index >= 15 is 0 Å². The molecule has 0 radical (unpaired) electrons. The van der Waals surface area contributed by atoms with Gasteiger partial charge in [0.15, 0.2) is 0 Å². The van der Waals surface area contributed by atoms with E-state index in [-0.39, 0.29) is 0 Å². The van der Waals surface area contributed by atoms with E-state index in [1.807, 2.05) is 0 Å². The summed E-state index contributed by atoms with van der Waals surface area (Å²) in [5.41, 5.74) is 3.44. The van der Waals surface area contributed by atoms with Crippen LogP contribution in [0.1, 0.15) is 70.0 Å². The van der Waals surface area contributed by atoms with Crippen LogP contribution in [0.3, 0.4) is 0 Å². The van der Waals surface area contributed by atoms with Crippen molar-refractivity contribution in [1.82, 2.24) is 5.32 Å². The van der Waals surface area contributed by atoms with Gasteiger partial charge in [0.1, 0.15) is 0 Å². The van der Waals surface area contributed by atoms with Crippen LogP contribution in [0, 0.1) is 5.92 Å². The lowest BCUT2D eigenvalue weighted by Crippen LogP contribution is -2.37. The van der Waals surface area contributed by atoms with Gasteiger partial charge in [0.05, 0.1) is 0 Å². The number of hydrogen-bond donors (Lipinski definition) is 1. The molecule has 104 valence electrons. The van der Waals surface area contributed by atoms with Crippen LogP contribution >= 0.6 is 0 Å². The highest BCUT2D eigenvalue weighted by atomic mass is 14.9. The number of hydrogen-bond acceptors (Lipinski definition) is 1. The van der Waals surface area contributed by atoms with Crippen LogP contribution in [-0.2, 0) is 5.41 Å². The quantitative estimate of drug-likeness (QED) is 0.832. The Labute approximate surface area is 117 Å². The third-order valence-electron chi connectivity index (χ3n) is 4.99.